The van der Waals surface area contributed by atoms with Crippen LogP contribution in [0, 0.1) is 0 Å². The third kappa shape index (κ3) is 5.73. The second-order valence-electron chi connectivity index (χ2n) is 9.05. The minimum atomic E-state index is -0.701. The van der Waals surface area contributed by atoms with Crippen LogP contribution in [0.1, 0.15) is 41.5 Å². The Morgan fingerprint density at radius 3 is 2.09 bits per heavy atom. The van der Waals surface area contributed by atoms with Crippen LogP contribution >= 0.6 is 0 Å². The first-order valence-electron chi connectivity index (χ1n) is 11.2. The fraction of sp³-hybridized carbons (Fsp3) is 0.138. The van der Waals surface area contributed by atoms with Gasteiger partial charge in [-0.05, 0) is 79.4 Å². The highest BCUT2D eigenvalue weighted by Crippen LogP contribution is 2.30. The second kappa shape index (κ2) is 9.81. The molecule has 0 aliphatic heterocycles. The van der Waals surface area contributed by atoms with Crippen molar-refractivity contribution in [3.63, 3.8) is 0 Å². The highest BCUT2D eigenvalue weighted by molar-refractivity contribution is 6.10. The lowest BCUT2D eigenvalue weighted by Gasteiger charge is -2.21. The molecule has 1 aromatic heterocycles. The van der Waals surface area contributed by atoms with Gasteiger partial charge in [0.1, 0.15) is 11.4 Å². The quantitative estimate of drug-likeness (QED) is 0.336. The number of pyridine rings is 1. The predicted octanol–water partition coefficient (Wildman–Crippen LogP) is 6.33. The normalized spacial score (nSPS) is 11.1. The first-order chi connectivity index (χ1) is 16.7. The molecule has 3 aromatic carbocycles. The van der Waals surface area contributed by atoms with Crippen molar-refractivity contribution in [2.24, 2.45) is 0 Å². The Balaban J connectivity index is 1.72. The Morgan fingerprint density at radius 1 is 0.771 bits per heavy atom. The lowest BCUT2D eigenvalue weighted by molar-refractivity contribution is 0.00708. The summed E-state index contributed by atoms with van der Waals surface area (Å²) in [4.78, 5) is 30.2. The molecule has 6 heteroatoms. The number of amides is 1. The van der Waals surface area contributed by atoms with Crippen LogP contribution in [0.4, 0.5) is 5.69 Å². The molecule has 6 nitrogen and oxygen atoms in total. The van der Waals surface area contributed by atoms with Gasteiger partial charge < -0.3 is 15.2 Å². The van der Waals surface area contributed by atoms with E-state index in [1.54, 1.807) is 57.4 Å². The van der Waals surface area contributed by atoms with Gasteiger partial charge in [-0.1, -0.05) is 42.5 Å². The molecule has 0 aliphatic rings. The fourth-order valence-corrected chi connectivity index (χ4v) is 3.60. The first kappa shape index (κ1) is 23.7. The van der Waals surface area contributed by atoms with Gasteiger partial charge in [0.2, 0.25) is 0 Å². The molecular formula is C29H26N2O4. The van der Waals surface area contributed by atoms with Crippen molar-refractivity contribution in [1.29, 1.82) is 0 Å². The minimum absolute atomic E-state index is 0.0829. The summed E-state index contributed by atoms with van der Waals surface area (Å²) in [5, 5.41) is 13.2. The summed E-state index contributed by atoms with van der Waals surface area (Å²) < 4.78 is 5.55. The van der Waals surface area contributed by atoms with E-state index < -0.39 is 17.5 Å². The molecule has 0 aliphatic carbocycles. The number of hydrogen-bond acceptors (Lipinski definition) is 5. The van der Waals surface area contributed by atoms with E-state index in [1.807, 2.05) is 48.5 Å². The number of phenolic OH excluding ortho intramolecular Hbond substituents is 1. The van der Waals surface area contributed by atoms with Crippen LogP contribution in [0.25, 0.3) is 22.3 Å². The molecule has 4 rings (SSSR count). The number of benzene rings is 3. The van der Waals surface area contributed by atoms with Crippen molar-refractivity contribution in [3.8, 4) is 28.0 Å². The molecule has 0 saturated heterocycles. The van der Waals surface area contributed by atoms with E-state index in [-0.39, 0.29) is 16.9 Å². The first-order valence-corrected chi connectivity index (χ1v) is 11.2. The van der Waals surface area contributed by atoms with Gasteiger partial charge in [0.25, 0.3) is 5.91 Å². The number of carbonyl (C=O) groups is 2. The highest BCUT2D eigenvalue weighted by Gasteiger charge is 2.23. The topological polar surface area (TPSA) is 88.5 Å². The fourth-order valence-electron chi connectivity index (χ4n) is 3.60. The van der Waals surface area contributed by atoms with Crippen LogP contribution in [0.5, 0.6) is 5.75 Å². The van der Waals surface area contributed by atoms with Crippen LogP contribution in [0.2, 0.25) is 0 Å². The summed E-state index contributed by atoms with van der Waals surface area (Å²) in [6, 6.07) is 23.3. The van der Waals surface area contributed by atoms with E-state index in [2.05, 4.69) is 10.3 Å². The maximum absolute atomic E-state index is 13.3. The zero-order chi connectivity index (χ0) is 25.0. The third-order valence-corrected chi connectivity index (χ3v) is 5.25. The number of rotatable bonds is 5. The number of aromatic nitrogens is 1. The van der Waals surface area contributed by atoms with Crippen molar-refractivity contribution in [1.82, 2.24) is 4.98 Å². The van der Waals surface area contributed by atoms with Gasteiger partial charge in [0, 0.05) is 12.4 Å². The molecule has 0 bridgehead atoms. The summed E-state index contributed by atoms with van der Waals surface area (Å²) in [6.07, 6.45) is 3.31. The summed E-state index contributed by atoms with van der Waals surface area (Å²) in [7, 11) is 0. The van der Waals surface area contributed by atoms with E-state index in [0.717, 1.165) is 22.3 Å². The molecule has 0 saturated carbocycles. The zero-order valence-corrected chi connectivity index (χ0v) is 19.8. The third-order valence-electron chi connectivity index (χ3n) is 5.25. The number of nitrogens with one attached hydrogen (secondary N) is 1. The number of carbonyl (C=O) groups excluding carboxylic acids is 2. The Labute approximate surface area is 204 Å². The number of aromatic hydroxyl groups is 1. The van der Waals surface area contributed by atoms with Gasteiger partial charge in [0.05, 0.1) is 16.8 Å². The largest absolute Gasteiger partial charge is 0.507 e. The Kier molecular flexibility index (Phi) is 6.64. The number of hydrogen-bond donors (Lipinski definition) is 2. The summed E-state index contributed by atoms with van der Waals surface area (Å²) in [6.45, 7) is 5.35. The smallest absolute Gasteiger partial charge is 0.340 e. The Morgan fingerprint density at radius 2 is 1.40 bits per heavy atom. The van der Waals surface area contributed by atoms with E-state index in [9.17, 15) is 14.7 Å². The van der Waals surface area contributed by atoms with Crippen molar-refractivity contribution < 1.29 is 19.4 Å². The SMILES string of the molecule is CC(C)(C)OC(=O)c1ccc(-c2ccccc2)cc1NC(=O)c1cc(-c2ccncc2)ccc1O. The molecular weight excluding hydrogens is 440 g/mol. The number of ether oxygens (including phenoxy) is 1. The maximum Gasteiger partial charge on any atom is 0.340 e. The zero-order valence-electron chi connectivity index (χ0n) is 19.8. The second-order valence-corrected chi connectivity index (χ2v) is 9.05. The van der Waals surface area contributed by atoms with Crippen LogP contribution < -0.4 is 5.32 Å². The average Bonchev–Trinajstić information content (AvgIpc) is 2.84. The van der Waals surface area contributed by atoms with Crippen molar-refractivity contribution in [3.05, 3.63) is 102 Å². The lowest BCUT2D eigenvalue weighted by Crippen LogP contribution is -2.25. The number of anilines is 1. The molecule has 1 heterocycles. The van der Waals surface area contributed by atoms with Gasteiger partial charge >= 0.3 is 5.97 Å². The van der Waals surface area contributed by atoms with Crippen LogP contribution in [0.3, 0.4) is 0 Å². The number of nitrogens with zero attached hydrogens (tertiary/aromatic N) is 1. The van der Waals surface area contributed by atoms with Gasteiger partial charge in [-0.15, -0.1) is 0 Å². The van der Waals surface area contributed by atoms with Crippen molar-refractivity contribution in [2.45, 2.75) is 26.4 Å². The number of esters is 1. The summed E-state index contributed by atoms with van der Waals surface area (Å²) in [5.74, 6) is -1.27. The molecule has 0 fully saturated rings. The molecule has 0 spiro atoms. The maximum atomic E-state index is 13.3. The molecule has 2 N–H and O–H groups in total. The number of phenols is 1. The molecule has 35 heavy (non-hydrogen) atoms. The van der Waals surface area contributed by atoms with Gasteiger partial charge in [-0.25, -0.2) is 4.79 Å². The molecule has 0 radical (unpaired) electrons. The average molecular weight is 467 g/mol. The molecule has 4 aromatic rings. The summed E-state index contributed by atoms with van der Waals surface area (Å²) >= 11 is 0. The highest BCUT2D eigenvalue weighted by atomic mass is 16.6. The van der Waals surface area contributed by atoms with Crippen LogP contribution in [0.15, 0.2) is 91.3 Å². The lowest BCUT2D eigenvalue weighted by atomic mass is 10.0. The predicted molar refractivity (Wildman–Crippen MR) is 136 cm³/mol. The monoisotopic (exact) mass is 466 g/mol. The minimum Gasteiger partial charge on any atom is -0.507 e. The van der Waals surface area contributed by atoms with E-state index in [1.165, 1.54) is 6.07 Å². The van der Waals surface area contributed by atoms with Gasteiger partial charge in [0.15, 0.2) is 0 Å². The van der Waals surface area contributed by atoms with E-state index in [4.69, 9.17) is 4.74 Å². The van der Waals surface area contributed by atoms with E-state index >= 15 is 0 Å². The van der Waals surface area contributed by atoms with Crippen molar-refractivity contribution in [2.75, 3.05) is 5.32 Å². The van der Waals surface area contributed by atoms with E-state index in [0.29, 0.717) is 5.69 Å². The van der Waals surface area contributed by atoms with Crippen LogP contribution in [-0.2, 0) is 4.74 Å². The Bertz CT molecular complexity index is 1360. The molecule has 0 atom stereocenters. The molecule has 1 amide bonds. The Hall–Kier alpha value is -4.45. The van der Waals surface area contributed by atoms with Crippen molar-refractivity contribution >= 4 is 17.6 Å². The molecule has 176 valence electrons. The molecule has 0 unspecified atom stereocenters. The standard InChI is InChI=1S/C29H26N2O4/c1-29(2,3)35-28(34)23-11-9-22(19-7-5-4-6-8-19)18-25(23)31-27(33)24-17-21(10-12-26(24)32)20-13-15-30-16-14-20/h4-18,32H,1-3H3,(H,31,33). The van der Waals surface area contributed by atoms with Gasteiger partial charge in [-0.3, -0.25) is 9.78 Å². The summed E-state index contributed by atoms with van der Waals surface area (Å²) in [5.41, 5.74) is 3.25. The van der Waals surface area contributed by atoms with Gasteiger partial charge in [-0.2, -0.15) is 0 Å². The van der Waals surface area contributed by atoms with Crippen LogP contribution in [-0.4, -0.2) is 27.6 Å².